The number of para-hydroxylation sites is 1. The van der Waals surface area contributed by atoms with E-state index in [1.807, 2.05) is 22.6 Å². The van der Waals surface area contributed by atoms with Gasteiger partial charge in [0.05, 0.1) is 16.7 Å². The van der Waals surface area contributed by atoms with E-state index in [1.165, 1.54) is 16.3 Å². The minimum absolute atomic E-state index is 0.114. The van der Waals surface area contributed by atoms with Gasteiger partial charge >= 0.3 is 0 Å². The van der Waals surface area contributed by atoms with Gasteiger partial charge in [0.15, 0.2) is 6.61 Å². The average molecular weight is 455 g/mol. The van der Waals surface area contributed by atoms with Crippen LogP contribution in [0.15, 0.2) is 63.0 Å². The molecule has 0 N–H and O–H groups in total. The summed E-state index contributed by atoms with van der Waals surface area (Å²) in [5.41, 5.74) is 0.640. The summed E-state index contributed by atoms with van der Waals surface area (Å²) in [6, 6.07) is 14.4. The third-order valence-electron chi connectivity index (χ3n) is 4.64. The Balaban J connectivity index is 1.34. The second kappa shape index (κ2) is 8.05. The fourth-order valence-electron chi connectivity index (χ4n) is 3.14. The van der Waals surface area contributed by atoms with Gasteiger partial charge in [0.25, 0.3) is 16.7 Å². The molecule has 0 amide bonds. The Kier molecular flexibility index (Phi) is 5.08. The van der Waals surface area contributed by atoms with Crippen molar-refractivity contribution in [2.45, 2.75) is 17.6 Å². The maximum absolute atomic E-state index is 12.5. The first-order valence-electron chi connectivity index (χ1n) is 9.25. The molecule has 0 aliphatic carbocycles. The van der Waals surface area contributed by atoms with Gasteiger partial charge in [-0.05, 0) is 36.4 Å². The van der Waals surface area contributed by atoms with Crippen LogP contribution in [0.3, 0.4) is 0 Å². The smallest absolute Gasteiger partial charge is 0.277 e. The predicted octanol–water partition coefficient (Wildman–Crippen LogP) is 3.49. The zero-order chi connectivity index (χ0) is 21.4. The highest BCUT2D eigenvalue weighted by atomic mass is 35.5. The second-order valence-electron chi connectivity index (χ2n) is 6.63. The third-order valence-corrected chi connectivity index (χ3v) is 5.71. The largest absolute Gasteiger partial charge is 0.484 e. The SMILES string of the molecule is Cn1c(=O)c2ccccc2n2c(CSc3nnc(COc4ccc(Cl)cc4)o3)nnc12. The van der Waals surface area contributed by atoms with E-state index in [1.54, 1.807) is 37.4 Å². The van der Waals surface area contributed by atoms with Crippen molar-refractivity contribution >= 4 is 40.0 Å². The van der Waals surface area contributed by atoms with Crippen molar-refractivity contribution in [3.8, 4) is 5.75 Å². The van der Waals surface area contributed by atoms with E-state index in [2.05, 4.69) is 20.4 Å². The van der Waals surface area contributed by atoms with Gasteiger partial charge in [-0.3, -0.25) is 13.8 Å². The van der Waals surface area contributed by atoms with Gasteiger partial charge in [-0.25, -0.2) is 0 Å². The molecule has 0 spiro atoms. The zero-order valence-electron chi connectivity index (χ0n) is 16.2. The quantitative estimate of drug-likeness (QED) is 0.359. The Bertz CT molecular complexity index is 1440. The summed E-state index contributed by atoms with van der Waals surface area (Å²) in [6.45, 7) is 0.149. The number of nitrogens with zero attached hydrogens (tertiary/aromatic N) is 6. The number of aryl methyl sites for hydroxylation is 1. The molecule has 156 valence electrons. The molecule has 5 aromatic rings. The molecule has 0 bridgehead atoms. The molecular formula is C20H15ClN6O3S. The number of rotatable bonds is 6. The van der Waals surface area contributed by atoms with E-state index in [9.17, 15) is 4.79 Å². The van der Waals surface area contributed by atoms with E-state index in [-0.39, 0.29) is 12.2 Å². The fraction of sp³-hybridized carbons (Fsp3) is 0.150. The molecule has 0 atom stereocenters. The lowest BCUT2D eigenvalue weighted by atomic mass is 10.2. The van der Waals surface area contributed by atoms with E-state index in [0.29, 0.717) is 44.6 Å². The van der Waals surface area contributed by atoms with Crippen LogP contribution in [0.2, 0.25) is 5.02 Å². The van der Waals surface area contributed by atoms with Gasteiger partial charge in [0.1, 0.15) is 11.6 Å². The van der Waals surface area contributed by atoms with Crippen LogP contribution in [0.25, 0.3) is 16.7 Å². The molecule has 11 heteroatoms. The number of thioether (sulfide) groups is 1. The molecule has 0 unspecified atom stereocenters. The fourth-order valence-corrected chi connectivity index (χ4v) is 3.96. The second-order valence-corrected chi connectivity index (χ2v) is 7.99. The van der Waals surface area contributed by atoms with Crippen molar-refractivity contribution in [1.82, 2.24) is 29.4 Å². The van der Waals surface area contributed by atoms with Crippen molar-refractivity contribution in [3.63, 3.8) is 0 Å². The van der Waals surface area contributed by atoms with Crippen molar-refractivity contribution in [2.24, 2.45) is 7.05 Å². The number of benzene rings is 2. The van der Waals surface area contributed by atoms with Gasteiger partial charge in [-0.1, -0.05) is 35.5 Å². The molecule has 3 aromatic heterocycles. The van der Waals surface area contributed by atoms with Crippen LogP contribution in [-0.2, 0) is 19.4 Å². The summed E-state index contributed by atoms with van der Waals surface area (Å²) in [6.07, 6.45) is 0. The Morgan fingerprint density at radius 1 is 1.06 bits per heavy atom. The average Bonchev–Trinajstić information content (AvgIpc) is 3.43. The van der Waals surface area contributed by atoms with Crippen molar-refractivity contribution in [2.75, 3.05) is 0 Å². The Morgan fingerprint density at radius 3 is 2.71 bits per heavy atom. The molecule has 0 saturated carbocycles. The number of fused-ring (bicyclic) bond motifs is 3. The van der Waals surface area contributed by atoms with E-state index in [4.69, 9.17) is 20.8 Å². The van der Waals surface area contributed by atoms with Gasteiger partial charge in [-0.2, -0.15) is 0 Å². The number of halogens is 1. The maximum atomic E-state index is 12.5. The topological polar surface area (TPSA) is 100 Å². The van der Waals surface area contributed by atoms with E-state index < -0.39 is 0 Å². The predicted molar refractivity (Wildman–Crippen MR) is 115 cm³/mol. The summed E-state index contributed by atoms with van der Waals surface area (Å²) in [7, 11) is 1.68. The van der Waals surface area contributed by atoms with Crippen LogP contribution in [0.4, 0.5) is 0 Å². The minimum atomic E-state index is -0.114. The number of hydrogen-bond acceptors (Lipinski definition) is 8. The number of aromatic nitrogens is 6. The molecule has 31 heavy (non-hydrogen) atoms. The molecule has 2 aromatic carbocycles. The highest BCUT2D eigenvalue weighted by Crippen LogP contribution is 2.23. The van der Waals surface area contributed by atoms with Crippen LogP contribution >= 0.6 is 23.4 Å². The summed E-state index contributed by atoms with van der Waals surface area (Å²) in [5, 5.41) is 18.1. The van der Waals surface area contributed by atoms with Gasteiger partial charge < -0.3 is 9.15 Å². The molecule has 5 rings (SSSR count). The first-order valence-corrected chi connectivity index (χ1v) is 10.6. The zero-order valence-corrected chi connectivity index (χ0v) is 17.8. The van der Waals surface area contributed by atoms with Gasteiger partial charge in [-0.15, -0.1) is 20.4 Å². The number of hydrogen-bond donors (Lipinski definition) is 0. The molecule has 9 nitrogen and oxygen atoms in total. The lowest BCUT2D eigenvalue weighted by molar-refractivity contribution is 0.252. The minimum Gasteiger partial charge on any atom is -0.484 e. The highest BCUT2D eigenvalue weighted by molar-refractivity contribution is 7.98. The molecule has 0 aliphatic heterocycles. The van der Waals surface area contributed by atoms with Crippen LogP contribution in [-0.4, -0.2) is 29.4 Å². The standard InChI is InChI=1S/C20H15ClN6O3S/c1-26-18(28)14-4-2-3-5-15(14)27-16(22-24-19(26)27)11-31-20-25-23-17(30-20)10-29-13-8-6-12(21)7-9-13/h2-9H,10-11H2,1H3. The summed E-state index contributed by atoms with van der Waals surface area (Å²) >= 11 is 7.20. The van der Waals surface area contributed by atoms with E-state index in [0.717, 1.165) is 5.52 Å². The van der Waals surface area contributed by atoms with Crippen molar-refractivity contribution in [1.29, 1.82) is 0 Å². The monoisotopic (exact) mass is 454 g/mol. The highest BCUT2D eigenvalue weighted by Gasteiger charge is 2.16. The number of ether oxygens (including phenoxy) is 1. The van der Waals surface area contributed by atoms with Crippen molar-refractivity contribution in [3.05, 3.63) is 75.6 Å². The molecule has 0 saturated heterocycles. The summed E-state index contributed by atoms with van der Waals surface area (Å²) in [4.78, 5) is 12.5. The first-order chi connectivity index (χ1) is 15.1. The Labute approximate surface area is 184 Å². The van der Waals surface area contributed by atoms with Crippen LogP contribution in [0.5, 0.6) is 5.75 Å². The van der Waals surface area contributed by atoms with E-state index >= 15 is 0 Å². The Hall–Kier alpha value is -3.37. The summed E-state index contributed by atoms with van der Waals surface area (Å²) in [5.74, 6) is 2.59. The van der Waals surface area contributed by atoms with Gasteiger partial charge in [0, 0.05) is 12.1 Å². The molecule has 3 heterocycles. The van der Waals surface area contributed by atoms with Crippen LogP contribution < -0.4 is 10.3 Å². The van der Waals surface area contributed by atoms with Crippen LogP contribution in [0.1, 0.15) is 11.7 Å². The third kappa shape index (κ3) is 3.75. The van der Waals surface area contributed by atoms with Gasteiger partial charge in [0.2, 0.25) is 5.78 Å². The normalized spacial score (nSPS) is 11.4. The molecular weight excluding hydrogens is 440 g/mol. The molecule has 0 aliphatic rings. The van der Waals surface area contributed by atoms with Crippen molar-refractivity contribution < 1.29 is 9.15 Å². The molecule has 0 radical (unpaired) electrons. The Morgan fingerprint density at radius 2 is 1.87 bits per heavy atom. The summed E-state index contributed by atoms with van der Waals surface area (Å²) < 4.78 is 14.6. The molecule has 0 fully saturated rings. The van der Waals surface area contributed by atoms with Crippen LogP contribution in [0, 0.1) is 0 Å². The lowest BCUT2D eigenvalue weighted by Gasteiger charge is -2.07. The first kappa shape index (κ1) is 19.6. The lowest BCUT2D eigenvalue weighted by Crippen LogP contribution is -2.20. The maximum Gasteiger partial charge on any atom is 0.277 e.